The normalized spacial score (nSPS) is 10.5. The number of nitrogen functional groups attached to an aromatic ring is 2. The van der Waals surface area contributed by atoms with E-state index in [-0.39, 0.29) is 0 Å². The molecule has 56 valence electrons. The van der Waals surface area contributed by atoms with Crippen LogP contribution in [0.2, 0.25) is 0 Å². The predicted molar refractivity (Wildman–Crippen MR) is 42.1 cm³/mol. The van der Waals surface area contributed by atoms with Gasteiger partial charge in [0.05, 0.1) is 0 Å². The number of hydrogen-bond donors (Lipinski definition) is 2. The smallest absolute Gasteiger partial charge is 0.115 e. The molecule has 2 rings (SSSR count). The van der Waals surface area contributed by atoms with Crippen LogP contribution in [0.3, 0.4) is 0 Å². The van der Waals surface area contributed by atoms with Crippen LogP contribution in [0.5, 0.6) is 0 Å². The second-order valence-corrected chi connectivity index (χ2v) is 2.28. The average Bonchev–Trinajstić information content (AvgIpc) is 2.33. The average molecular weight is 149 g/mol. The van der Waals surface area contributed by atoms with Crippen LogP contribution >= 0.6 is 0 Å². The maximum absolute atomic E-state index is 5.53. The molecule has 0 spiro atoms. The van der Waals surface area contributed by atoms with Crippen molar-refractivity contribution in [1.29, 1.82) is 0 Å². The number of nitrogens with zero attached hydrogens (tertiary/aromatic N) is 3. The topological polar surface area (TPSA) is 82.8 Å². The van der Waals surface area contributed by atoms with E-state index in [0.717, 1.165) is 11.0 Å². The Bertz CT molecular complexity index is 391. The van der Waals surface area contributed by atoms with Gasteiger partial charge in [0.15, 0.2) is 0 Å². The fourth-order valence-electron chi connectivity index (χ4n) is 0.953. The number of nitrogens with two attached hydrogens (primary N) is 2. The van der Waals surface area contributed by atoms with Gasteiger partial charge in [-0.15, -0.1) is 5.10 Å². The maximum Gasteiger partial charge on any atom is 0.115 e. The number of benzene rings is 1. The largest absolute Gasteiger partial charge is 0.399 e. The summed E-state index contributed by atoms with van der Waals surface area (Å²) in [6.45, 7) is 0. The van der Waals surface area contributed by atoms with Gasteiger partial charge in [-0.05, 0) is 23.4 Å². The standard InChI is InChI=1S/C6H7N5/c7-4-1-2-5-6(3-4)11(8)10-9-5/h1-3H,7-8H2. The minimum Gasteiger partial charge on any atom is -0.399 e. The van der Waals surface area contributed by atoms with Crippen LogP contribution in [-0.4, -0.2) is 15.1 Å². The van der Waals surface area contributed by atoms with E-state index in [0.29, 0.717) is 5.69 Å². The highest BCUT2D eigenvalue weighted by Gasteiger charge is 1.99. The van der Waals surface area contributed by atoms with Crippen molar-refractivity contribution in [3.8, 4) is 0 Å². The highest BCUT2D eigenvalue weighted by Crippen LogP contribution is 2.12. The quantitative estimate of drug-likeness (QED) is 0.399. The molecular formula is C6H7N5. The molecule has 0 saturated carbocycles. The Morgan fingerprint density at radius 1 is 1.36 bits per heavy atom. The molecule has 1 aromatic heterocycles. The van der Waals surface area contributed by atoms with Crippen LogP contribution in [0, 0.1) is 0 Å². The fourth-order valence-corrected chi connectivity index (χ4v) is 0.953. The van der Waals surface area contributed by atoms with Gasteiger partial charge in [-0.3, -0.25) is 0 Å². The SMILES string of the molecule is Nc1ccc2nnn(N)c2c1. The summed E-state index contributed by atoms with van der Waals surface area (Å²) in [7, 11) is 0. The summed E-state index contributed by atoms with van der Waals surface area (Å²) in [5.74, 6) is 5.43. The van der Waals surface area contributed by atoms with Crippen molar-refractivity contribution < 1.29 is 0 Å². The van der Waals surface area contributed by atoms with Crippen LogP contribution < -0.4 is 11.6 Å². The molecule has 0 amide bonds. The Hall–Kier alpha value is -1.78. The molecule has 5 nitrogen and oxygen atoms in total. The molecule has 0 radical (unpaired) electrons. The summed E-state index contributed by atoms with van der Waals surface area (Å²) >= 11 is 0. The molecule has 4 N–H and O–H groups in total. The Morgan fingerprint density at radius 3 is 3.00 bits per heavy atom. The summed E-state index contributed by atoms with van der Waals surface area (Å²) < 4.78 is 0. The summed E-state index contributed by atoms with van der Waals surface area (Å²) in [4.78, 5) is 1.20. The molecule has 0 fully saturated rings. The first-order chi connectivity index (χ1) is 5.27. The van der Waals surface area contributed by atoms with E-state index in [9.17, 15) is 0 Å². The number of rotatable bonds is 0. The molecule has 0 unspecified atom stereocenters. The van der Waals surface area contributed by atoms with Gasteiger partial charge < -0.3 is 11.6 Å². The van der Waals surface area contributed by atoms with E-state index in [1.165, 1.54) is 4.79 Å². The van der Waals surface area contributed by atoms with E-state index in [1.54, 1.807) is 18.2 Å². The molecule has 0 bridgehead atoms. The zero-order valence-electron chi connectivity index (χ0n) is 5.73. The van der Waals surface area contributed by atoms with E-state index in [1.807, 2.05) is 0 Å². The zero-order chi connectivity index (χ0) is 7.84. The van der Waals surface area contributed by atoms with Gasteiger partial charge >= 0.3 is 0 Å². The van der Waals surface area contributed by atoms with Gasteiger partial charge in [0, 0.05) is 5.69 Å². The van der Waals surface area contributed by atoms with Crippen LogP contribution in [-0.2, 0) is 0 Å². The van der Waals surface area contributed by atoms with E-state index >= 15 is 0 Å². The summed E-state index contributed by atoms with van der Waals surface area (Å²) in [5.41, 5.74) is 7.68. The van der Waals surface area contributed by atoms with Crippen LogP contribution in [0.1, 0.15) is 0 Å². The molecule has 0 aliphatic rings. The van der Waals surface area contributed by atoms with Gasteiger partial charge in [0.1, 0.15) is 11.0 Å². The Morgan fingerprint density at radius 2 is 2.18 bits per heavy atom. The van der Waals surface area contributed by atoms with Crippen molar-refractivity contribution in [2.24, 2.45) is 0 Å². The van der Waals surface area contributed by atoms with Gasteiger partial charge in [-0.2, -0.15) is 4.79 Å². The first-order valence-electron chi connectivity index (χ1n) is 3.13. The molecule has 5 heteroatoms. The number of anilines is 1. The molecule has 0 aliphatic carbocycles. The summed E-state index contributed by atoms with van der Waals surface area (Å²) in [6, 6.07) is 5.27. The molecule has 0 aliphatic heterocycles. The molecule has 1 aromatic carbocycles. The number of fused-ring (bicyclic) bond motifs is 1. The molecule has 11 heavy (non-hydrogen) atoms. The molecular weight excluding hydrogens is 142 g/mol. The van der Waals surface area contributed by atoms with Crippen molar-refractivity contribution in [1.82, 2.24) is 15.1 Å². The van der Waals surface area contributed by atoms with Crippen molar-refractivity contribution in [3.63, 3.8) is 0 Å². The van der Waals surface area contributed by atoms with Gasteiger partial charge in [-0.25, -0.2) is 0 Å². The van der Waals surface area contributed by atoms with Crippen LogP contribution in [0.4, 0.5) is 5.69 Å². The van der Waals surface area contributed by atoms with Gasteiger partial charge in [0.2, 0.25) is 0 Å². The lowest BCUT2D eigenvalue weighted by Crippen LogP contribution is -2.09. The third-order valence-electron chi connectivity index (χ3n) is 1.50. The van der Waals surface area contributed by atoms with E-state index < -0.39 is 0 Å². The van der Waals surface area contributed by atoms with Crippen LogP contribution in [0.25, 0.3) is 11.0 Å². The zero-order valence-corrected chi connectivity index (χ0v) is 5.73. The Labute approximate surface area is 62.6 Å². The fraction of sp³-hybridized carbons (Fsp3) is 0. The Balaban J connectivity index is 2.87. The minimum atomic E-state index is 0.659. The lowest BCUT2D eigenvalue weighted by Gasteiger charge is -1.92. The van der Waals surface area contributed by atoms with Gasteiger partial charge in [0.25, 0.3) is 0 Å². The number of hydrogen-bond acceptors (Lipinski definition) is 4. The highest BCUT2D eigenvalue weighted by molar-refractivity contribution is 5.77. The second kappa shape index (κ2) is 1.85. The van der Waals surface area contributed by atoms with Gasteiger partial charge in [-0.1, -0.05) is 0 Å². The van der Waals surface area contributed by atoms with E-state index in [4.69, 9.17) is 11.6 Å². The number of aromatic nitrogens is 3. The molecule has 1 heterocycles. The lowest BCUT2D eigenvalue weighted by atomic mass is 10.3. The predicted octanol–water partition coefficient (Wildman–Crippen LogP) is -0.273. The highest BCUT2D eigenvalue weighted by atomic mass is 15.6. The molecule has 0 atom stereocenters. The Kier molecular flexibility index (Phi) is 1.00. The first-order valence-corrected chi connectivity index (χ1v) is 3.13. The monoisotopic (exact) mass is 149 g/mol. The van der Waals surface area contributed by atoms with Crippen molar-refractivity contribution in [3.05, 3.63) is 18.2 Å². The maximum atomic E-state index is 5.53. The van der Waals surface area contributed by atoms with Crippen molar-refractivity contribution in [2.45, 2.75) is 0 Å². The van der Waals surface area contributed by atoms with Crippen molar-refractivity contribution >= 4 is 16.7 Å². The summed E-state index contributed by atoms with van der Waals surface area (Å²) in [5, 5.41) is 7.42. The first kappa shape index (κ1) is 5.96. The van der Waals surface area contributed by atoms with Crippen LogP contribution in [0.15, 0.2) is 18.2 Å². The second-order valence-electron chi connectivity index (χ2n) is 2.28. The third kappa shape index (κ3) is 0.778. The third-order valence-corrected chi connectivity index (χ3v) is 1.50. The molecule has 2 aromatic rings. The van der Waals surface area contributed by atoms with Crippen molar-refractivity contribution in [2.75, 3.05) is 11.6 Å². The lowest BCUT2D eigenvalue weighted by molar-refractivity contribution is 0.787. The molecule has 0 saturated heterocycles. The summed E-state index contributed by atoms with van der Waals surface area (Å²) in [6.07, 6.45) is 0. The van der Waals surface area contributed by atoms with E-state index in [2.05, 4.69) is 10.3 Å². The minimum absolute atomic E-state index is 0.659.